The summed E-state index contributed by atoms with van der Waals surface area (Å²) in [6.45, 7) is 4.04. The lowest BCUT2D eigenvalue weighted by Gasteiger charge is -2.26. The molecule has 4 nitrogen and oxygen atoms in total. The van der Waals surface area contributed by atoms with Gasteiger partial charge in [0.2, 0.25) is 0 Å². The largest absolute Gasteiger partial charge is 0.341 e. The van der Waals surface area contributed by atoms with Gasteiger partial charge in [-0.15, -0.1) is 0 Å². The van der Waals surface area contributed by atoms with E-state index in [1.165, 1.54) is 37.9 Å². The number of likely N-dealkylation sites (tertiary alicyclic amines) is 1. The van der Waals surface area contributed by atoms with Gasteiger partial charge in [-0.1, -0.05) is 24.6 Å². The highest BCUT2D eigenvalue weighted by atomic mass is 16.2. The van der Waals surface area contributed by atoms with E-state index in [0.717, 1.165) is 24.2 Å². The van der Waals surface area contributed by atoms with E-state index in [4.69, 9.17) is 0 Å². The summed E-state index contributed by atoms with van der Waals surface area (Å²) in [7, 11) is 1.85. The highest BCUT2D eigenvalue weighted by Crippen LogP contribution is 2.14. The predicted octanol–water partition coefficient (Wildman–Crippen LogP) is 3.38. The molecule has 1 fully saturated rings. The van der Waals surface area contributed by atoms with Gasteiger partial charge in [-0.05, 0) is 55.8 Å². The van der Waals surface area contributed by atoms with Gasteiger partial charge in [0.05, 0.1) is 0 Å². The number of piperidine rings is 1. The number of hydrogen-bond donors (Lipinski definition) is 0. The first-order valence-corrected chi connectivity index (χ1v) is 9.19. The van der Waals surface area contributed by atoms with E-state index in [9.17, 15) is 4.79 Å². The predicted molar refractivity (Wildman–Crippen MR) is 100 cm³/mol. The summed E-state index contributed by atoms with van der Waals surface area (Å²) in [6.07, 6.45) is 6.53. The fourth-order valence-corrected chi connectivity index (χ4v) is 3.28. The Balaban J connectivity index is 1.52. The lowest BCUT2D eigenvalue weighted by molar-refractivity contribution is 0.0796. The van der Waals surface area contributed by atoms with Crippen LogP contribution in [0.15, 0.2) is 48.7 Å². The van der Waals surface area contributed by atoms with Gasteiger partial charge >= 0.3 is 0 Å². The Morgan fingerprint density at radius 2 is 1.84 bits per heavy atom. The zero-order valence-corrected chi connectivity index (χ0v) is 15.0. The SMILES string of the molecule is CN(CCc1ccccn1)C(=O)c1ccc(CN2CCCCC2)cc1. The van der Waals surface area contributed by atoms with Gasteiger partial charge in [-0.25, -0.2) is 0 Å². The maximum Gasteiger partial charge on any atom is 0.253 e. The highest BCUT2D eigenvalue weighted by molar-refractivity contribution is 5.94. The van der Waals surface area contributed by atoms with E-state index in [1.54, 1.807) is 11.1 Å². The Kier molecular flexibility index (Phi) is 6.18. The summed E-state index contributed by atoms with van der Waals surface area (Å²) in [4.78, 5) is 21.1. The standard InChI is InChI=1S/C21H27N3O/c1-23(16-12-20-7-3-4-13-22-20)21(25)19-10-8-18(9-11-19)17-24-14-5-2-6-15-24/h3-4,7-11,13H,2,5-6,12,14-17H2,1H3. The smallest absolute Gasteiger partial charge is 0.253 e. The van der Waals surface area contributed by atoms with Crippen molar-refractivity contribution in [3.05, 3.63) is 65.5 Å². The van der Waals surface area contributed by atoms with Crippen molar-refractivity contribution in [1.82, 2.24) is 14.8 Å². The number of rotatable bonds is 6. The monoisotopic (exact) mass is 337 g/mol. The molecule has 0 radical (unpaired) electrons. The number of likely N-dealkylation sites (N-methyl/N-ethyl adjacent to an activating group) is 1. The van der Waals surface area contributed by atoms with Crippen LogP contribution in [0.5, 0.6) is 0 Å². The molecular weight excluding hydrogens is 310 g/mol. The first kappa shape index (κ1) is 17.6. The molecule has 1 aromatic carbocycles. The van der Waals surface area contributed by atoms with E-state index >= 15 is 0 Å². The first-order valence-electron chi connectivity index (χ1n) is 9.19. The molecule has 132 valence electrons. The first-order chi connectivity index (χ1) is 12.2. The van der Waals surface area contributed by atoms with Crippen LogP contribution in [0.2, 0.25) is 0 Å². The Hall–Kier alpha value is -2.20. The zero-order chi connectivity index (χ0) is 17.5. The number of benzene rings is 1. The average Bonchev–Trinajstić information content (AvgIpc) is 2.68. The lowest BCUT2D eigenvalue weighted by Crippen LogP contribution is -2.30. The number of hydrogen-bond acceptors (Lipinski definition) is 3. The molecule has 0 bridgehead atoms. The van der Waals surface area contributed by atoms with Crippen molar-refractivity contribution in [2.45, 2.75) is 32.2 Å². The summed E-state index contributed by atoms with van der Waals surface area (Å²) in [5, 5.41) is 0. The molecule has 0 spiro atoms. The van der Waals surface area contributed by atoms with Crippen molar-refractivity contribution in [1.29, 1.82) is 0 Å². The molecule has 0 saturated carbocycles. The minimum Gasteiger partial charge on any atom is -0.341 e. The Labute approximate surface area is 150 Å². The van der Waals surface area contributed by atoms with Crippen LogP contribution in [-0.2, 0) is 13.0 Å². The van der Waals surface area contributed by atoms with Crippen molar-refractivity contribution < 1.29 is 4.79 Å². The molecule has 2 aromatic rings. The van der Waals surface area contributed by atoms with E-state index < -0.39 is 0 Å². The Morgan fingerprint density at radius 1 is 1.08 bits per heavy atom. The second-order valence-electron chi connectivity index (χ2n) is 6.83. The number of aromatic nitrogens is 1. The van der Waals surface area contributed by atoms with Crippen LogP contribution in [0, 0.1) is 0 Å². The molecule has 1 amide bonds. The van der Waals surface area contributed by atoms with Crippen molar-refractivity contribution in [3.8, 4) is 0 Å². The lowest BCUT2D eigenvalue weighted by atomic mass is 10.1. The molecule has 2 heterocycles. The van der Waals surface area contributed by atoms with Crippen LogP contribution in [0.1, 0.15) is 40.9 Å². The van der Waals surface area contributed by atoms with E-state index in [0.29, 0.717) is 6.54 Å². The highest BCUT2D eigenvalue weighted by Gasteiger charge is 2.13. The summed E-state index contributed by atoms with van der Waals surface area (Å²) in [6, 6.07) is 14.0. The molecule has 0 unspecified atom stereocenters. The van der Waals surface area contributed by atoms with Crippen molar-refractivity contribution in [3.63, 3.8) is 0 Å². The molecule has 0 aliphatic carbocycles. The van der Waals surface area contributed by atoms with Gasteiger partial charge in [-0.2, -0.15) is 0 Å². The zero-order valence-electron chi connectivity index (χ0n) is 15.0. The van der Waals surface area contributed by atoms with Gasteiger partial charge in [0.25, 0.3) is 5.91 Å². The molecule has 1 aromatic heterocycles. The summed E-state index contributed by atoms with van der Waals surface area (Å²) in [5.74, 6) is 0.0699. The second kappa shape index (κ2) is 8.77. The maximum atomic E-state index is 12.6. The third-order valence-corrected chi connectivity index (χ3v) is 4.83. The van der Waals surface area contributed by atoms with Gasteiger partial charge in [0.1, 0.15) is 0 Å². The second-order valence-corrected chi connectivity index (χ2v) is 6.83. The molecule has 3 rings (SSSR count). The fraction of sp³-hybridized carbons (Fsp3) is 0.429. The maximum absolute atomic E-state index is 12.6. The third-order valence-electron chi connectivity index (χ3n) is 4.83. The normalized spacial score (nSPS) is 15.1. The van der Waals surface area contributed by atoms with Crippen LogP contribution in [0.3, 0.4) is 0 Å². The molecule has 1 aliphatic rings. The number of carbonyl (C=O) groups excluding carboxylic acids is 1. The van der Waals surface area contributed by atoms with E-state index in [2.05, 4.69) is 22.0 Å². The molecule has 4 heteroatoms. The van der Waals surface area contributed by atoms with Crippen molar-refractivity contribution in [2.24, 2.45) is 0 Å². The molecular formula is C21H27N3O. The Bertz CT molecular complexity index is 663. The quantitative estimate of drug-likeness (QED) is 0.811. The van der Waals surface area contributed by atoms with Crippen LogP contribution in [-0.4, -0.2) is 47.4 Å². The van der Waals surface area contributed by atoms with Crippen LogP contribution < -0.4 is 0 Å². The van der Waals surface area contributed by atoms with Gasteiger partial charge < -0.3 is 4.90 Å². The van der Waals surface area contributed by atoms with Crippen LogP contribution in [0.4, 0.5) is 0 Å². The van der Waals surface area contributed by atoms with Gasteiger partial charge in [0.15, 0.2) is 0 Å². The molecule has 0 atom stereocenters. The fourth-order valence-electron chi connectivity index (χ4n) is 3.28. The average molecular weight is 337 g/mol. The summed E-state index contributed by atoms with van der Waals surface area (Å²) in [5.41, 5.74) is 3.06. The van der Waals surface area contributed by atoms with Crippen LogP contribution in [0.25, 0.3) is 0 Å². The van der Waals surface area contributed by atoms with E-state index in [-0.39, 0.29) is 5.91 Å². The summed E-state index contributed by atoms with van der Waals surface area (Å²) >= 11 is 0. The number of carbonyl (C=O) groups is 1. The minimum atomic E-state index is 0.0699. The molecule has 25 heavy (non-hydrogen) atoms. The van der Waals surface area contributed by atoms with Gasteiger partial charge in [-0.3, -0.25) is 14.7 Å². The third kappa shape index (κ3) is 5.13. The number of pyridine rings is 1. The van der Waals surface area contributed by atoms with Gasteiger partial charge in [0, 0.05) is 44.0 Å². The van der Waals surface area contributed by atoms with Crippen molar-refractivity contribution >= 4 is 5.91 Å². The number of amides is 1. The molecule has 1 aliphatic heterocycles. The minimum absolute atomic E-state index is 0.0699. The van der Waals surface area contributed by atoms with Crippen molar-refractivity contribution in [2.75, 3.05) is 26.7 Å². The molecule has 1 saturated heterocycles. The number of nitrogens with zero attached hydrogens (tertiary/aromatic N) is 3. The molecule has 0 N–H and O–H groups in total. The van der Waals surface area contributed by atoms with E-state index in [1.807, 2.05) is 37.4 Å². The Morgan fingerprint density at radius 3 is 2.52 bits per heavy atom. The van der Waals surface area contributed by atoms with Crippen LogP contribution >= 0.6 is 0 Å². The summed E-state index contributed by atoms with van der Waals surface area (Å²) < 4.78 is 0. The topological polar surface area (TPSA) is 36.4 Å².